The van der Waals surface area contributed by atoms with Gasteiger partial charge in [0.1, 0.15) is 11.8 Å². The van der Waals surface area contributed by atoms with Crippen LogP contribution in [-0.4, -0.2) is 14.9 Å². The first-order valence-corrected chi connectivity index (χ1v) is 6.76. The summed E-state index contributed by atoms with van der Waals surface area (Å²) in [5.74, 6) is 0.288. The number of aromatic nitrogens is 2. The van der Waals surface area contributed by atoms with Crippen molar-refractivity contribution in [2.24, 2.45) is 0 Å². The van der Waals surface area contributed by atoms with Gasteiger partial charge in [0.05, 0.1) is 15.0 Å². The van der Waals surface area contributed by atoms with E-state index in [1.807, 2.05) is 0 Å². The van der Waals surface area contributed by atoms with Crippen molar-refractivity contribution in [2.75, 3.05) is 0 Å². The van der Waals surface area contributed by atoms with Crippen molar-refractivity contribution in [2.45, 2.75) is 13.5 Å². The van der Waals surface area contributed by atoms with Crippen LogP contribution in [0.2, 0.25) is 15.2 Å². The molecule has 0 aliphatic heterocycles. The first-order valence-electron chi connectivity index (χ1n) is 5.63. The molecule has 2 rings (SSSR count). The average Bonchev–Trinajstić information content (AvgIpc) is 2.38. The maximum Gasteiger partial charge on any atom is 0.312 e. The van der Waals surface area contributed by atoms with Gasteiger partial charge in [0, 0.05) is 17.8 Å². The molecule has 0 N–H and O–H groups in total. The lowest BCUT2D eigenvalue weighted by molar-refractivity contribution is -0.385. The second-order valence-corrected chi connectivity index (χ2v) is 5.23. The van der Waals surface area contributed by atoms with E-state index in [1.54, 1.807) is 13.0 Å². The monoisotopic (exact) mass is 347 g/mol. The minimum Gasteiger partial charge on any atom is -0.479 e. The average molecular weight is 349 g/mol. The highest BCUT2D eigenvalue weighted by Gasteiger charge is 2.19. The van der Waals surface area contributed by atoms with Gasteiger partial charge in [-0.15, -0.1) is 0 Å². The maximum absolute atomic E-state index is 11.0. The molecular weight excluding hydrogens is 341 g/mol. The summed E-state index contributed by atoms with van der Waals surface area (Å²) in [5, 5.41) is 11.5. The van der Waals surface area contributed by atoms with Crippen molar-refractivity contribution in [3.63, 3.8) is 0 Å². The van der Waals surface area contributed by atoms with Gasteiger partial charge in [-0.25, -0.2) is 9.97 Å². The molecule has 0 saturated heterocycles. The number of hydrogen-bond acceptors (Lipinski definition) is 5. The summed E-state index contributed by atoms with van der Waals surface area (Å²) in [6.07, 6.45) is 0. The van der Waals surface area contributed by atoms with Crippen LogP contribution in [0.25, 0.3) is 0 Å². The molecule has 1 aromatic heterocycles. The van der Waals surface area contributed by atoms with Crippen LogP contribution in [-0.2, 0) is 6.61 Å². The largest absolute Gasteiger partial charge is 0.479 e. The Bertz CT molecular complexity index is 689. The smallest absolute Gasteiger partial charge is 0.312 e. The number of ether oxygens (including phenoxy) is 1. The van der Waals surface area contributed by atoms with Crippen LogP contribution in [0.4, 0.5) is 5.69 Å². The van der Waals surface area contributed by atoms with Crippen molar-refractivity contribution in [1.29, 1.82) is 0 Å². The summed E-state index contributed by atoms with van der Waals surface area (Å²) in [6.45, 7) is 1.67. The third-order valence-electron chi connectivity index (χ3n) is 2.42. The van der Waals surface area contributed by atoms with Gasteiger partial charge < -0.3 is 4.74 Å². The fourth-order valence-electron chi connectivity index (χ4n) is 1.57. The molecule has 0 spiro atoms. The first kappa shape index (κ1) is 15.8. The van der Waals surface area contributed by atoms with Crippen molar-refractivity contribution in [3.05, 3.63) is 55.0 Å². The molecule has 0 atom stereocenters. The topological polar surface area (TPSA) is 78.2 Å². The Morgan fingerprint density at radius 1 is 1.19 bits per heavy atom. The SMILES string of the molecule is Cc1cc(Cl)nc(COc2cc(Cl)c(Cl)cc2[N+](=O)[O-])n1. The molecule has 21 heavy (non-hydrogen) atoms. The Balaban J connectivity index is 2.27. The number of nitrogens with zero attached hydrogens (tertiary/aromatic N) is 3. The van der Waals surface area contributed by atoms with Crippen molar-refractivity contribution >= 4 is 40.5 Å². The number of hydrogen-bond donors (Lipinski definition) is 0. The fraction of sp³-hybridized carbons (Fsp3) is 0.167. The molecule has 0 aliphatic carbocycles. The minimum atomic E-state index is -0.610. The van der Waals surface area contributed by atoms with Gasteiger partial charge in [-0.3, -0.25) is 10.1 Å². The second kappa shape index (κ2) is 6.43. The number of halogens is 3. The van der Waals surface area contributed by atoms with Gasteiger partial charge in [-0.1, -0.05) is 34.8 Å². The number of benzene rings is 1. The van der Waals surface area contributed by atoms with Gasteiger partial charge in [-0.2, -0.15) is 0 Å². The van der Waals surface area contributed by atoms with Crippen molar-refractivity contribution in [3.8, 4) is 5.75 Å². The first-order chi connectivity index (χ1) is 9.86. The number of aryl methyl sites for hydroxylation is 1. The van der Waals surface area contributed by atoms with Gasteiger partial charge in [-0.05, 0) is 13.0 Å². The summed E-state index contributed by atoms with van der Waals surface area (Å²) in [7, 11) is 0. The summed E-state index contributed by atoms with van der Waals surface area (Å²) in [5.41, 5.74) is 0.375. The van der Waals surface area contributed by atoms with Crippen LogP contribution < -0.4 is 4.74 Å². The van der Waals surface area contributed by atoms with Crippen LogP contribution in [0.5, 0.6) is 5.75 Å². The third-order valence-corrected chi connectivity index (χ3v) is 3.34. The lowest BCUT2D eigenvalue weighted by Gasteiger charge is -2.08. The molecule has 0 bridgehead atoms. The quantitative estimate of drug-likeness (QED) is 0.469. The van der Waals surface area contributed by atoms with Crippen LogP contribution in [0.15, 0.2) is 18.2 Å². The zero-order valence-corrected chi connectivity index (χ0v) is 12.9. The molecule has 6 nitrogen and oxygen atoms in total. The Morgan fingerprint density at radius 3 is 2.48 bits per heavy atom. The van der Waals surface area contributed by atoms with E-state index in [4.69, 9.17) is 39.5 Å². The highest BCUT2D eigenvalue weighted by Crippen LogP contribution is 2.35. The number of rotatable bonds is 4. The molecule has 1 aromatic carbocycles. The van der Waals surface area contributed by atoms with Gasteiger partial charge in [0.2, 0.25) is 0 Å². The normalized spacial score (nSPS) is 10.5. The van der Waals surface area contributed by atoms with E-state index in [0.717, 1.165) is 6.07 Å². The Kier molecular flexibility index (Phi) is 4.82. The lowest BCUT2D eigenvalue weighted by atomic mass is 10.3. The number of nitro groups is 1. The summed E-state index contributed by atoms with van der Waals surface area (Å²) in [4.78, 5) is 18.4. The maximum atomic E-state index is 11.0. The molecule has 0 unspecified atom stereocenters. The molecule has 9 heteroatoms. The van der Waals surface area contributed by atoms with Gasteiger partial charge >= 0.3 is 5.69 Å². The fourth-order valence-corrected chi connectivity index (χ4v) is 2.14. The van der Waals surface area contributed by atoms with Crippen LogP contribution in [0.3, 0.4) is 0 Å². The van der Waals surface area contributed by atoms with Crippen LogP contribution in [0, 0.1) is 17.0 Å². The van der Waals surface area contributed by atoms with Crippen LogP contribution >= 0.6 is 34.8 Å². The molecule has 0 fully saturated rings. The molecule has 110 valence electrons. The predicted octanol–water partition coefficient (Wildman–Crippen LogP) is 4.23. The number of nitro benzene ring substituents is 1. The Hall–Kier alpha value is -1.63. The molecule has 0 amide bonds. The van der Waals surface area contributed by atoms with Gasteiger partial charge in [0.25, 0.3) is 0 Å². The molecule has 0 aliphatic rings. The van der Waals surface area contributed by atoms with E-state index < -0.39 is 4.92 Å². The summed E-state index contributed by atoms with van der Waals surface area (Å²) in [6, 6.07) is 4.00. The standard InChI is InChI=1S/C12H8Cl3N3O3/c1-6-2-11(15)17-12(16-6)5-21-10-4-8(14)7(13)3-9(10)18(19)20/h2-4H,5H2,1H3. The molecule has 1 heterocycles. The zero-order valence-electron chi connectivity index (χ0n) is 10.6. The van der Waals surface area contributed by atoms with E-state index >= 15 is 0 Å². The Morgan fingerprint density at radius 2 is 1.86 bits per heavy atom. The molecule has 2 aromatic rings. The lowest BCUT2D eigenvalue weighted by Crippen LogP contribution is -2.04. The summed E-state index contributed by atoms with van der Waals surface area (Å²) < 4.78 is 5.36. The highest BCUT2D eigenvalue weighted by atomic mass is 35.5. The van der Waals surface area contributed by atoms with E-state index in [0.29, 0.717) is 11.5 Å². The van der Waals surface area contributed by atoms with Crippen LogP contribution in [0.1, 0.15) is 11.5 Å². The molecular formula is C12H8Cl3N3O3. The molecule has 0 saturated carbocycles. The zero-order chi connectivity index (χ0) is 15.6. The van der Waals surface area contributed by atoms with E-state index in [-0.39, 0.29) is 33.2 Å². The van der Waals surface area contributed by atoms with E-state index in [9.17, 15) is 10.1 Å². The van der Waals surface area contributed by atoms with E-state index in [1.165, 1.54) is 6.07 Å². The second-order valence-electron chi connectivity index (χ2n) is 4.03. The van der Waals surface area contributed by atoms with Crippen molar-refractivity contribution in [1.82, 2.24) is 9.97 Å². The minimum absolute atomic E-state index is 0.0179. The molecule has 0 radical (unpaired) electrons. The van der Waals surface area contributed by atoms with E-state index in [2.05, 4.69) is 9.97 Å². The van der Waals surface area contributed by atoms with Crippen molar-refractivity contribution < 1.29 is 9.66 Å². The third kappa shape index (κ3) is 3.93. The summed E-state index contributed by atoms with van der Waals surface area (Å²) >= 11 is 17.4. The van der Waals surface area contributed by atoms with Gasteiger partial charge in [0.15, 0.2) is 11.6 Å². The highest BCUT2D eigenvalue weighted by molar-refractivity contribution is 6.42. The predicted molar refractivity (Wildman–Crippen MR) is 79.2 cm³/mol. The Labute approximate surface area is 134 Å².